The number of carbonyl (C=O) groups is 2. The van der Waals surface area contributed by atoms with E-state index in [0.717, 1.165) is 5.56 Å². The summed E-state index contributed by atoms with van der Waals surface area (Å²) in [5, 5.41) is 2.73. The van der Waals surface area contributed by atoms with Crippen LogP contribution in [0.25, 0.3) is 11.1 Å². The molecule has 0 saturated heterocycles. The Morgan fingerprint density at radius 3 is 2.50 bits per heavy atom. The van der Waals surface area contributed by atoms with Gasteiger partial charge in [-0.15, -0.1) is 0 Å². The molecule has 6 nitrogen and oxygen atoms in total. The Morgan fingerprint density at radius 1 is 1.12 bits per heavy atom. The van der Waals surface area contributed by atoms with Crippen LogP contribution in [0.5, 0.6) is 0 Å². The van der Waals surface area contributed by atoms with Crippen molar-refractivity contribution in [1.29, 1.82) is 0 Å². The van der Waals surface area contributed by atoms with Crippen LogP contribution in [0.3, 0.4) is 0 Å². The van der Waals surface area contributed by atoms with Crippen LogP contribution < -0.4 is 11.1 Å². The van der Waals surface area contributed by atoms with Crippen molar-refractivity contribution >= 4 is 28.5 Å². The highest BCUT2D eigenvalue weighted by Gasteiger charge is 2.14. The molecule has 3 aromatic rings. The number of carbonyl (C=O) groups excluding carboxylic acids is 2. The van der Waals surface area contributed by atoms with E-state index in [-0.39, 0.29) is 23.8 Å². The van der Waals surface area contributed by atoms with Crippen molar-refractivity contribution in [3.63, 3.8) is 0 Å². The molecule has 0 unspecified atom stereocenters. The van der Waals surface area contributed by atoms with Crippen LogP contribution in [0.15, 0.2) is 51.7 Å². The van der Waals surface area contributed by atoms with Crippen LogP contribution in [0, 0.1) is 6.92 Å². The Hall–Kier alpha value is -3.15. The fourth-order valence-corrected chi connectivity index (χ4v) is 2.42. The lowest BCUT2D eigenvalue weighted by atomic mass is 10.1. The van der Waals surface area contributed by atoms with E-state index in [4.69, 9.17) is 4.42 Å². The van der Waals surface area contributed by atoms with E-state index in [2.05, 4.69) is 5.32 Å². The number of anilines is 1. The van der Waals surface area contributed by atoms with Crippen LogP contribution in [0.1, 0.15) is 22.8 Å². The van der Waals surface area contributed by atoms with Gasteiger partial charge in [0.1, 0.15) is 6.54 Å². The van der Waals surface area contributed by atoms with E-state index in [1.807, 2.05) is 19.1 Å². The summed E-state index contributed by atoms with van der Waals surface area (Å²) in [5.41, 5.74) is 2.96. The second-order valence-corrected chi connectivity index (χ2v) is 5.61. The van der Waals surface area contributed by atoms with Crippen LogP contribution in [-0.4, -0.2) is 16.3 Å². The first kappa shape index (κ1) is 15.7. The van der Waals surface area contributed by atoms with E-state index in [9.17, 15) is 14.4 Å². The second-order valence-electron chi connectivity index (χ2n) is 5.61. The van der Waals surface area contributed by atoms with Crippen molar-refractivity contribution in [2.45, 2.75) is 20.4 Å². The smallest absolute Gasteiger partial charge is 0.408 e. The minimum atomic E-state index is -0.634. The molecule has 0 aliphatic carbocycles. The Labute approximate surface area is 137 Å². The monoisotopic (exact) mass is 324 g/mol. The molecule has 6 heteroatoms. The Kier molecular flexibility index (Phi) is 4.04. The van der Waals surface area contributed by atoms with Crippen LogP contribution in [0.2, 0.25) is 0 Å². The molecule has 122 valence electrons. The number of benzene rings is 2. The molecule has 1 aromatic heterocycles. The standard InChI is InChI=1S/C18H16N2O4/c1-11-3-6-14(7-4-11)19-17(22)10-20-15-8-5-13(12(2)21)9-16(15)24-18(20)23/h3-9H,10H2,1-2H3,(H,19,22). The summed E-state index contributed by atoms with van der Waals surface area (Å²) in [6.45, 7) is 3.22. The highest BCUT2D eigenvalue weighted by atomic mass is 16.4. The van der Waals surface area contributed by atoms with Crippen molar-refractivity contribution in [2.24, 2.45) is 0 Å². The lowest BCUT2D eigenvalue weighted by Crippen LogP contribution is -2.24. The molecule has 24 heavy (non-hydrogen) atoms. The Morgan fingerprint density at radius 2 is 1.83 bits per heavy atom. The molecule has 0 aliphatic heterocycles. The third-order valence-electron chi connectivity index (χ3n) is 3.71. The van der Waals surface area contributed by atoms with E-state index >= 15 is 0 Å². The summed E-state index contributed by atoms with van der Waals surface area (Å²) in [5.74, 6) is -1.09. The molecule has 0 saturated carbocycles. The van der Waals surface area contributed by atoms with Gasteiger partial charge in [0, 0.05) is 11.3 Å². The number of Topliss-reactive ketones (excluding diaryl/α,β-unsaturated/α-hetero) is 1. The van der Waals surface area contributed by atoms with Gasteiger partial charge in [0.15, 0.2) is 11.4 Å². The zero-order valence-corrected chi connectivity index (χ0v) is 13.3. The largest absolute Gasteiger partial charge is 0.420 e. The van der Waals surface area contributed by atoms with Gasteiger partial charge in [-0.25, -0.2) is 4.79 Å². The number of hydrogen-bond acceptors (Lipinski definition) is 4. The Balaban J connectivity index is 1.85. The third-order valence-corrected chi connectivity index (χ3v) is 3.71. The average molecular weight is 324 g/mol. The molecular formula is C18H16N2O4. The van der Waals surface area contributed by atoms with Crippen LogP contribution in [-0.2, 0) is 11.3 Å². The van der Waals surface area contributed by atoms with Crippen molar-refractivity contribution in [3.8, 4) is 0 Å². The topological polar surface area (TPSA) is 81.3 Å². The van der Waals surface area contributed by atoms with Gasteiger partial charge < -0.3 is 9.73 Å². The predicted octanol–water partition coefficient (Wildman–Crippen LogP) is 2.74. The maximum absolute atomic E-state index is 12.2. The number of aromatic nitrogens is 1. The SMILES string of the molecule is CC(=O)c1ccc2c(c1)oc(=O)n2CC(=O)Nc1ccc(C)cc1. The van der Waals surface area contributed by atoms with Gasteiger partial charge in [0.25, 0.3) is 0 Å². The molecule has 0 aliphatic rings. The number of rotatable bonds is 4. The van der Waals surface area contributed by atoms with Gasteiger partial charge >= 0.3 is 5.76 Å². The molecule has 1 heterocycles. The van der Waals surface area contributed by atoms with Gasteiger partial charge in [-0.1, -0.05) is 17.7 Å². The molecule has 1 N–H and O–H groups in total. The Bertz CT molecular complexity index is 980. The summed E-state index contributed by atoms with van der Waals surface area (Å²) in [4.78, 5) is 35.5. The predicted molar refractivity (Wildman–Crippen MR) is 90.3 cm³/mol. The molecule has 2 aromatic carbocycles. The lowest BCUT2D eigenvalue weighted by molar-refractivity contribution is -0.116. The number of oxazole rings is 1. The van der Waals surface area contributed by atoms with Gasteiger partial charge in [-0.3, -0.25) is 14.2 Å². The molecule has 0 bridgehead atoms. The van der Waals surface area contributed by atoms with Crippen LogP contribution >= 0.6 is 0 Å². The summed E-state index contributed by atoms with van der Waals surface area (Å²) in [6, 6.07) is 12.1. The zero-order chi connectivity index (χ0) is 17.3. The normalized spacial score (nSPS) is 10.8. The highest BCUT2D eigenvalue weighted by molar-refractivity contribution is 5.97. The van der Waals surface area contributed by atoms with E-state index < -0.39 is 5.76 Å². The first-order valence-electron chi connectivity index (χ1n) is 7.45. The number of ketones is 1. The number of fused-ring (bicyclic) bond motifs is 1. The maximum atomic E-state index is 12.2. The van der Waals surface area contributed by atoms with Gasteiger partial charge in [0.2, 0.25) is 5.91 Å². The van der Waals surface area contributed by atoms with Gasteiger partial charge in [-0.05, 0) is 44.2 Å². The fourth-order valence-electron chi connectivity index (χ4n) is 2.42. The van der Waals surface area contributed by atoms with E-state index in [1.165, 1.54) is 17.6 Å². The second kappa shape index (κ2) is 6.16. The van der Waals surface area contributed by atoms with E-state index in [1.54, 1.807) is 24.3 Å². The van der Waals surface area contributed by atoms with Crippen molar-refractivity contribution in [3.05, 3.63) is 64.1 Å². The number of nitrogens with one attached hydrogen (secondary N) is 1. The summed E-state index contributed by atoms with van der Waals surface area (Å²) >= 11 is 0. The number of hydrogen-bond donors (Lipinski definition) is 1. The van der Waals surface area contributed by atoms with Gasteiger partial charge in [0.05, 0.1) is 5.52 Å². The molecule has 0 atom stereocenters. The lowest BCUT2D eigenvalue weighted by Gasteiger charge is -2.06. The zero-order valence-electron chi connectivity index (χ0n) is 13.3. The van der Waals surface area contributed by atoms with Crippen molar-refractivity contribution < 1.29 is 14.0 Å². The van der Waals surface area contributed by atoms with Crippen LogP contribution in [0.4, 0.5) is 5.69 Å². The molecule has 0 spiro atoms. The minimum Gasteiger partial charge on any atom is -0.408 e. The third kappa shape index (κ3) is 3.12. The van der Waals surface area contributed by atoms with E-state index in [0.29, 0.717) is 16.8 Å². The molecule has 0 fully saturated rings. The quantitative estimate of drug-likeness (QED) is 0.748. The number of nitrogens with zero attached hydrogens (tertiary/aromatic N) is 1. The molecule has 3 rings (SSSR count). The summed E-state index contributed by atoms with van der Waals surface area (Å²) < 4.78 is 6.37. The molecular weight excluding hydrogens is 308 g/mol. The number of aryl methyl sites for hydroxylation is 1. The fraction of sp³-hybridized carbons (Fsp3) is 0.167. The molecule has 1 amide bonds. The molecule has 0 radical (unpaired) electrons. The van der Waals surface area contributed by atoms with Crippen molar-refractivity contribution in [1.82, 2.24) is 4.57 Å². The highest BCUT2D eigenvalue weighted by Crippen LogP contribution is 2.16. The first-order chi connectivity index (χ1) is 11.4. The van der Waals surface area contributed by atoms with Gasteiger partial charge in [-0.2, -0.15) is 0 Å². The summed E-state index contributed by atoms with van der Waals surface area (Å²) in [7, 11) is 0. The minimum absolute atomic E-state index is 0.121. The maximum Gasteiger partial charge on any atom is 0.420 e. The summed E-state index contributed by atoms with van der Waals surface area (Å²) in [6.07, 6.45) is 0. The van der Waals surface area contributed by atoms with Crippen molar-refractivity contribution in [2.75, 3.05) is 5.32 Å². The number of amides is 1. The average Bonchev–Trinajstić information content (AvgIpc) is 2.84. The first-order valence-corrected chi connectivity index (χ1v) is 7.45.